The molecule has 0 unspecified atom stereocenters. The Hall–Kier alpha value is -0.0800. The molecule has 2 atom stereocenters. The molecule has 2 fully saturated rings. The molecule has 2 aliphatic rings. The maximum atomic E-state index is 5.43. The van der Waals surface area contributed by atoms with E-state index in [1.165, 1.54) is 25.9 Å². The Bertz CT molecular complexity index is 124. The summed E-state index contributed by atoms with van der Waals surface area (Å²) >= 11 is 0. The van der Waals surface area contributed by atoms with Crippen LogP contribution in [0, 0.1) is 5.92 Å². The highest BCUT2D eigenvalue weighted by Crippen LogP contribution is 2.27. The van der Waals surface area contributed by atoms with Crippen LogP contribution in [-0.2, 0) is 4.74 Å². The normalized spacial score (nSPS) is 39.0. The lowest BCUT2D eigenvalue weighted by Crippen LogP contribution is -2.40. The molecule has 2 rings (SSSR count). The molecule has 0 saturated carbocycles. The van der Waals surface area contributed by atoms with Crippen molar-refractivity contribution in [3.05, 3.63) is 0 Å². The standard InChI is InChI=1S/C9H17NO/c1-2-8-5-9-7-11-4-3-10(9)6-8/h8-9H,2-7H2,1H3/t8-,9-/m0/s1. The number of fused-ring (bicyclic) bond motifs is 1. The van der Waals surface area contributed by atoms with Gasteiger partial charge in [-0.25, -0.2) is 0 Å². The van der Waals surface area contributed by atoms with E-state index in [9.17, 15) is 0 Å². The fraction of sp³-hybridized carbons (Fsp3) is 1.00. The van der Waals surface area contributed by atoms with E-state index in [0.717, 1.165) is 25.2 Å². The van der Waals surface area contributed by atoms with Crippen molar-refractivity contribution in [3.8, 4) is 0 Å². The van der Waals surface area contributed by atoms with Crippen LogP contribution >= 0.6 is 0 Å². The van der Waals surface area contributed by atoms with Crippen molar-refractivity contribution in [1.29, 1.82) is 0 Å². The first-order valence-electron chi connectivity index (χ1n) is 4.72. The maximum absolute atomic E-state index is 5.43. The van der Waals surface area contributed by atoms with E-state index >= 15 is 0 Å². The summed E-state index contributed by atoms with van der Waals surface area (Å²) in [6.07, 6.45) is 2.71. The van der Waals surface area contributed by atoms with Gasteiger partial charge in [-0.2, -0.15) is 0 Å². The zero-order chi connectivity index (χ0) is 7.68. The Balaban J connectivity index is 1.92. The first-order valence-corrected chi connectivity index (χ1v) is 4.72. The van der Waals surface area contributed by atoms with E-state index in [-0.39, 0.29) is 0 Å². The molecule has 0 aromatic heterocycles. The van der Waals surface area contributed by atoms with Crippen molar-refractivity contribution < 1.29 is 4.74 Å². The van der Waals surface area contributed by atoms with E-state index in [2.05, 4.69) is 11.8 Å². The second kappa shape index (κ2) is 3.11. The van der Waals surface area contributed by atoms with Crippen molar-refractivity contribution in [2.45, 2.75) is 25.8 Å². The van der Waals surface area contributed by atoms with E-state index in [1.807, 2.05) is 0 Å². The maximum Gasteiger partial charge on any atom is 0.0622 e. The highest BCUT2D eigenvalue weighted by molar-refractivity contribution is 4.86. The molecule has 0 N–H and O–H groups in total. The van der Waals surface area contributed by atoms with Gasteiger partial charge in [0.2, 0.25) is 0 Å². The van der Waals surface area contributed by atoms with Gasteiger partial charge in [-0.05, 0) is 12.3 Å². The number of nitrogens with zero attached hydrogens (tertiary/aromatic N) is 1. The number of morpholine rings is 1. The smallest absolute Gasteiger partial charge is 0.0622 e. The Kier molecular flexibility index (Phi) is 2.14. The fourth-order valence-electron chi connectivity index (χ4n) is 2.23. The van der Waals surface area contributed by atoms with Gasteiger partial charge >= 0.3 is 0 Å². The zero-order valence-corrected chi connectivity index (χ0v) is 7.25. The third-order valence-corrected chi connectivity index (χ3v) is 3.02. The summed E-state index contributed by atoms with van der Waals surface area (Å²) in [5.74, 6) is 0.946. The van der Waals surface area contributed by atoms with Gasteiger partial charge in [0.25, 0.3) is 0 Å². The Morgan fingerprint density at radius 1 is 1.55 bits per heavy atom. The molecule has 0 radical (unpaired) electrons. The van der Waals surface area contributed by atoms with Gasteiger partial charge in [-0.1, -0.05) is 13.3 Å². The van der Waals surface area contributed by atoms with Gasteiger partial charge in [0.1, 0.15) is 0 Å². The summed E-state index contributed by atoms with van der Waals surface area (Å²) in [5.41, 5.74) is 0. The SMILES string of the molecule is CC[C@H]1C[C@H]2COCCN2C1. The summed E-state index contributed by atoms with van der Waals surface area (Å²) in [5, 5.41) is 0. The summed E-state index contributed by atoms with van der Waals surface area (Å²) in [7, 11) is 0. The van der Waals surface area contributed by atoms with Gasteiger partial charge in [-0.3, -0.25) is 4.90 Å². The highest BCUT2D eigenvalue weighted by atomic mass is 16.5. The predicted molar refractivity (Wildman–Crippen MR) is 44.6 cm³/mol. The lowest BCUT2D eigenvalue weighted by Gasteiger charge is -2.28. The van der Waals surface area contributed by atoms with Crippen molar-refractivity contribution in [3.63, 3.8) is 0 Å². The molecule has 2 heteroatoms. The Morgan fingerprint density at radius 3 is 3.18 bits per heavy atom. The molecule has 2 nitrogen and oxygen atoms in total. The lowest BCUT2D eigenvalue weighted by molar-refractivity contribution is 0.0128. The Labute approximate surface area is 68.5 Å². The first-order chi connectivity index (χ1) is 5.40. The van der Waals surface area contributed by atoms with E-state index in [4.69, 9.17) is 4.74 Å². The molecule has 64 valence electrons. The minimum atomic E-state index is 0.758. The first kappa shape index (κ1) is 7.56. The number of rotatable bonds is 1. The molecule has 0 aromatic carbocycles. The molecule has 2 heterocycles. The predicted octanol–water partition coefficient (Wildman–Crippen LogP) is 1.12. The van der Waals surface area contributed by atoms with Crippen LogP contribution in [0.1, 0.15) is 19.8 Å². The molecule has 0 aliphatic carbocycles. The largest absolute Gasteiger partial charge is 0.378 e. The van der Waals surface area contributed by atoms with E-state index < -0.39 is 0 Å². The van der Waals surface area contributed by atoms with Crippen LogP contribution in [0.2, 0.25) is 0 Å². The summed E-state index contributed by atoms with van der Waals surface area (Å²) in [4.78, 5) is 2.59. The lowest BCUT2D eigenvalue weighted by atomic mass is 10.0. The van der Waals surface area contributed by atoms with Crippen LogP contribution in [0.15, 0.2) is 0 Å². The average molecular weight is 155 g/mol. The van der Waals surface area contributed by atoms with Gasteiger partial charge in [0.15, 0.2) is 0 Å². The van der Waals surface area contributed by atoms with E-state index in [1.54, 1.807) is 0 Å². The summed E-state index contributed by atoms with van der Waals surface area (Å²) < 4.78 is 5.43. The number of ether oxygens (including phenoxy) is 1. The topological polar surface area (TPSA) is 12.5 Å². The van der Waals surface area contributed by atoms with Crippen molar-refractivity contribution in [2.75, 3.05) is 26.3 Å². The minimum Gasteiger partial charge on any atom is -0.378 e. The van der Waals surface area contributed by atoms with Crippen LogP contribution in [0.4, 0.5) is 0 Å². The van der Waals surface area contributed by atoms with Gasteiger partial charge < -0.3 is 4.74 Å². The number of hydrogen-bond acceptors (Lipinski definition) is 2. The quantitative estimate of drug-likeness (QED) is 0.562. The van der Waals surface area contributed by atoms with Crippen LogP contribution in [0.25, 0.3) is 0 Å². The van der Waals surface area contributed by atoms with Crippen LogP contribution < -0.4 is 0 Å². The van der Waals surface area contributed by atoms with Crippen molar-refractivity contribution >= 4 is 0 Å². The molecule has 2 aliphatic heterocycles. The average Bonchev–Trinajstić information content (AvgIpc) is 2.46. The molecular formula is C9H17NO. The molecule has 0 amide bonds. The summed E-state index contributed by atoms with van der Waals surface area (Å²) in [6.45, 7) is 6.72. The Morgan fingerprint density at radius 2 is 2.45 bits per heavy atom. The molecular weight excluding hydrogens is 138 g/mol. The molecule has 0 spiro atoms. The molecule has 11 heavy (non-hydrogen) atoms. The second-order valence-electron chi connectivity index (χ2n) is 3.73. The summed E-state index contributed by atoms with van der Waals surface area (Å²) in [6, 6.07) is 0.758. The molecule has 0 bridgehead atoms. The second-order valence-corrected chi connectivity index (χ2v) is 3.73. The zero-order valence-electron chi connectivity index (χ0n) is 7.25. The third-order valence-electron chi connectivity index (χ3n) is 3.02. The van der Waals surface area contributed by atoms with Crippen LogP contribution in [0.3, 0.4) is 0 Å². The highest BCUT2D eigenvalue weighted by Gasteiger charge is 2.32. The van der Waals surface area contributed by atoms with Gasteiger partial charge in [-0.15, -0.1) is 0 Å². The monoisotopic (exact) mass is 155 g/mol. The third kappa shape index (κ3) is 1.42. The number of hydrogen-bond donors (Lipinski definition) is 0. The van der Waals surface area contributed by atoms with Gasteiger partial charge in [0, 0.05) is 19.1 Å². The van der Waals surface area contributed by atoms with Crippen LogP contribution in [0.5, 0.6) is 0 Å². The van der Waals surface area contributed by atoms with E-state index in [0.29, 0.717) is 0 Å². The molecule has 0 aromatic rings. The van der Waals surface area contributed by atoms with Gasteiger partial charge in [0.05, 0.1) is 13.2 Å². The minimum absolute atomic E-state index is 0.758. The van der Waals surface area contributed by atoms with Crippen molar-refractivity contribution in [1.82, 2.24) is 4.90 Å². The molecule has 2 saturated heterocycles. The van der Waals surface area contributed by atoms with Crippen molar-refractivity contribution in [2.24, 2.45) is 5.92 Å². The fourth-order valence-corrected chi connectivity index (χ4v) is 2.23. The van der Waals surface area contributed by atoms with Crippen LogP contribution in [-0.4, -0.2) is 37.2 Å².